The van der Waals surface area contributed by atoms with E-state index in [-0.39, 0.29) is 5.91 Å². The number of methoxy groups -OCH3 is 2. The van der Waals surface area contributed by atoms with Crippen LogP contribution in [0, 0.1) is 0 Å². The number of aryl methyl sites for hydroxylation is 1. The van der Waals surface area contributed by atoms with Crippen LogP contribution in [0.25, 0.3) is 6.08 Å². The van der Waals surface area contributed by atoms with Crippen LogP contribution in [-0.2, 0) is 11.2 Å². The van der Waals surface area contributed by atoms with Gasteiger partial charge in [0, 0.05) is 24.9 Å². The highest BCUT2D eigenvalue weighted by atomic mass is 16.5. The van der Waals surface area contributed by atoms with Gasteiger partial charge in [-0.15, -0.1) is 0 Å². The molecule has 1 aromatic carbocycles. The highest BCUT2D eigenvalue weighted by Gasteiger charge is 2.21. The fourth-order valence-electron chi connectivity index (χ4n) is 2.81. The molecule has 1 aliphatic rings. The van der Waals surface area contributed by atoms with Gasteiger partial charge in [0.25, 0.3) is 5.91 Å². The maximum absolute atomic E-state index is 12.6. The Morgan fingerprint density at radius 1 is 1.21 bits per heavy atom. The van der Waals surface area contributed by atoms with Crippen molar-refractivity contribution in [3.05, 3.63) is 53.9 Å². The average Bonchev–Trinajstić information content (AvgIpc) is 2.65. The zero-order valence-corrected chi connectivity index (χ0v) is 13.9. The Kier molecular flexibility index (Phi) is 4.79. The second-order valence-electron chi connectivity index (χ2n) is 5.54. The molecular weight excluding hydrogens is 304 g/mol. The first-order valence-corrected chi connectivity index (χ1v) is 7.88. The van der Waals surface area contributed by atoms with E-state index in [1.807, 2.05) is 24.3 Å². The zero-order valence-electron chi connectivity index (χ0n) is 13.9. The van der Waals surface area contributed by atoms with Gasteiger partial charge in [-0.2, -0.15) is 0 Å². The summed E-state index contributed by atoms with van der Waals surface area (Å²) in [6.45, 7) is 0.712. The molecule has 0 bridgehead atoms. The first-order valence-electron chi connectivity index (χ1n) is 7.88. The van der Waals surface area contributed by atoms with Gasteiger partial charge >= 0.3 is 0 Å². The van der Waals surface area contributed by atoms with Crippen molar-refractivity contribution in [2.45, 2.75) is 12.8 Å². The molecule has 0 aliphatic carbocycles. The summed E-state index contributed by atoms with van der Waals surface area (Å²) in [5, 5.41) is 0. The van der Waals surface area contributed by atoms with Gasteiger partial charge in [0.1, 0.15) is 11.5 Å². The maximum Gasteiger partial charge on any atom is 0.251 e. The van der Waals surface area contributed by atoms with Crippen molar-refractivity contribution >= 4 is 17.7 Å². The van der Waals surface area contributed by atoms with Crippen LogP contribution in [0.5, 0.6) is 11.5 Å². The second kappa shape index (κ2) is 7.17. The molecule has 5 heteroatoms. The number of aromatic nitrogens is 1. The Bertz CT molecular complexity index is 749. The number of hydrogen-bond donors (Lipinski definition) is 0. The van der Waals surface area contributed by atoms with Crippen molar-refractivity contribution in [2.75, 3.05) is 25.7 Å². The summed E-state index contributed by atoms with van der Waals surface area (Å²) < 4.78 is 10.5. The number of carbonyl (C=O) groups excluding carboxylic acids is 1. The Morgan fingerprint density at radius 3 is 2.67 bits per heavy atom. The number of fused-ring (bicyclic) bond motifs is 1. The molecule has 0 N–H and O–H groups in total. The molecule has 2 heterocycles. The molecule has 24 heavy (non-hydrogen) atoms. The van der Waals surface area contributed by atoms with E-state index >= 15 is 0 Å². The smallest absolute Gasteiger partial charge is 0.251 e. The molecule has 3 rings (SSSR count). The molecule has 2 aromatic rings. The largest absolute Gasteiger partial charge is 0.497 e. The molecule has 0 unspecified atom stereocenters. The predicted octanol–water partition coefficient (Wildman–Crippen LogP) is 3.09. The van der Waals surface area contributed by atoms with E-state index in [1.54, 1.807) is 43.5 Å². The third kappa shape index (κ3) is 3.40. The van der Waals surface area contributed by atoms with E-state index in [0.29, 0.717) is 18.0 Å². The van der Waals surface area contributed by atoms with Crippen LogP contribution in [0.1, 0.15) is 17.7 Å². The molecule has 1 aliphatic heterocycles. The number of hydrogen-bond acceptors (Lipinski definition) is 4. The van der Waals surface area contributed by atoms with E-state index in [4.69, 9.17) is 9.47 Å². The van der Waals surface area contributed by atoms with E-state index in [0.717, 1.165) is 29.8 Å². The number of carbonyl (C=O) groups is 1. The van der Waals surface area contributed by atoms with Crippen molar-refractivity contribution in [2.24, 2.45) is 0 Å². The van der Waals surface area contributed by atoms with E-state index in [2.05, 4.69) is 4.98 Å². The first kappa shape index (κ1) is 16.1. The number of pyridine rings is 1. The minimum absolute atomic E-state index is 0.0502. The summed E-state index contributed by atoms with van der Waals surface area (Å²) in [5.41, 5.74) is 2.73. The number of ether oxygens (including phenoxy) is 2. The first-order chi connectivity index (χ1) is 11.7. The van der Waals surface area contributed by atoms with Crippen molar-refractivity contribution in [1.29, 1.82) is 0 Å². The van der Waals surface area contributed by atoms with Gasteiger partial charge in [-0.1, -0.05) is 0 Å². The van der Waals surface area contributed by atoms with Gasteiger partial charge in [-0.25, -0.2) is 0 Å². The lowest BCUT2D eigenvalue weighted by atomic mass is 10.1. The van der Waals surface area contributed by atoms with Crippen LogP contribution >= 0.6 is 0 Å². The number of anilines is 1. The molecule has 0 atom stereocenters. The molecule has 1 amide bonds. The summed E-state index contributed by atoms with van der Waals surface area (Å²) in [4.78, 5) is 18.7. The van der Waals surface area contributed by atoms with Gasteiger partial charge in [0.2, 0.25) is 0 Å². The third-order valence-electron chi connectivity index (χ3n) is 4.01. The van der Waals surface area contributed by atoms with Gasteiger partial charge in [0.05, 0.1) is 25.6 Å². The van der Waals surface area contributed by atoms with Crippen molar-refractivity contribution in [3.63, 3.8) is 0 Å². The molecule has 5 nitrogen and oxygen atoms in total. The average molecular weight is 324 g/mol. The van der Waals surface area contributed by atoms with Gasteiger partial charge in [0.15, 0.2) is 0 Å². The standard InChI is InChI=1S/C19H20N2O3/c1-23-15-11-14(12-16(13-15)24-2)7-8-19(22)21-10-4-5-17-18(21)6-3-9-20-17/h3,6-9,11-13H,4-5,10H2,1-2H3/b8-7-. The lowest BCUT2D eigenvalue weighted by molar-refractivity contribution is -0.114. The summed E-state index contributed by atoms with van der Waals surface area (Å²) in [6.07, 6.45) is 6.97. The quantitative estimate of drug-likeness (QED) is 0.811. The molecule has 124 valence electrons. The predicted molar refractivity (Wildman–Crippen MR) is 93.5 cm³/mol. The highest BCUT2D eigenvalue weighted by molar-refractivity contribution is 6.04. The van der Waals surface area contributed by atoms with Crippen LogP contribution in [0.4, 0.5) is 5.69 Å². The van der Waals surface area contributed by atoms with Crippen LogP contribution in [0.2, 0.25) is 0 Å². The molecular formula is C19H20N2O3. The number of rotatable bonds is 4. The molecule has 0 radical (unpaired) electrons. The lowest BCUT2D eigenvalue weighted by Crippen LogP contribution is -2.34. The Balaban J connectivity index is 1.82. The third-order valence-corrected chi connectivity index (χ3v) is 4.01. The monoisotopic (exact) mass is 324 g/mol. The summed E-state index contributed by atoms with van der Waals surface area (Å²) in [7, 11) is 3.20. The second-order valence-corrected chi connectivity index (χ2v) is 5.54. The van der Waals surface area contributed by atoms with Crippen LogP contribution < -0.4 is 14.4 Å². The fourth-order valence-corrected chi connectivity index (χ4v) is 2.81. The summed E-state index contributed by atoms with van der Waals surface area (Å²) in [6, 6.07) is 9.32. The maximum atomic E-state index is 12.6. The number of amides is 1. The number of nitrogens with zero attached hydrogens (tertiary/aromatic N) is 2. The molecule has 0 fully saturated rings. The molecule has 0 saturated carbocycles. The lowest BCUT2D eigenvalue weighted by Gasteiger charge is -2.27. The normalized spacial score (nSPS) is 13.7. The van der Waals surface area contributed by atoms with Crippen molar-refractivity contribution < 1.29 is 14.3 Å². The zero-order chi connectivity index (χ0) is 16.9. The van der Waals surface area contributed by atoms with Crippen LogP contribution in [0.3, 0.4) is 0 Å². The van der Waals surface area contributed by atoms with E-state index in [9.17, 15) is 4.79 Å². The Morgan fingerprint density at radius 2 is 1.96 bits per heavy atom. The topological polar surface area (TPSA) is 51.7 Å². The van der Waals surface area contributed by atoms with Gasteiger partial charge < -0.3 is 14.4 Å². The Labute approximate surface area is 141 Å². The molecule has 0 spiro atoms. The molecule has 0 saturated heterocycles. The minimum Gasteiger partial charge on any atom is -0.497 e. The van der Waals surface area contributed by atoms with Crippen molar-refractivity contribution in [3.8, 4) is 11.5 Å². The van der Waals surface area contributed by atoms with E-state index < -0.39 is 0 Å². The minimum atomic E-state index is -0.0502. The highest BCUT2D eigenvalue weighted by Crippen LogP contribution is 2.26. The van der Waals surface area contributed by atoms with Crippen LogP contribution in [-0.4, -0.2) is 31.7 Å². The van der Waals surface area contributed by atoms with Gasteiger partial charge in [-0.3, -0.25) is 9.78 Å². The van der Waals surface area contributed by atoms with Crippen molar-refractivity contribution in [1.82, 2.24) is 4.98 Å². The van der Waals surface area contributed by atoms with E-state index in [1.165, 1.54) is 0 Å². The Hall–Kier alpha value is -2.82. The van der Waals surface area contributed by atoms with Gasteiger partial charge in [-0.05, 0) is 48.7 Å². The number of benzene rings is 1. The summed E-state index contributed by atoms with van der Waals surface area (Å²) >= 11 is 0. The molecule has 1 aromatic heterocycles. The van der Waals surface area contributed by atoms with Crippen LogP contribution in [0.15, 0.2) is 42.6 Å². The fraction of sp³-hybridized carbons (Fsp3) is 0.263. The summed E-state index contributed by atoms with van der Waals surface area (Å²) in [5.74, 6) is 1.33. The SMILES string of the molecule is COc1cc(/C=C\C(=O)N2CCCc3ncccc32)cc(OC)c1.